The van der Waals surface area contributed by atoms with Crippen LogP contribution in [0, 0.1) is 0 Å². The van der Waals surface area contributed by atoms with Crippen molar-refractivity contribution in [3.8, 4) is 0 Å². The molecule has 0 fully saturated rings. The molecule has 0 saturated heterocycles. The predicted molar refractivity (Wildman–Crippen MR) is 80.7 cm³/mol. The van der Waals surface area contributed by atoms with Gasteiger partial charge in [-0.25, -0.2) is 0 Å². The van der Waals surface area contributed by atoms with E-state index in [9.17, 15) is 9.59 Å². The van der Waals surface area contributed by atoms with Gasteiger partial charge in [-0.1, -0.05) is 46.3 Å². The Bertz CT molecular complexity index is 681. The summed E-state index contributed by atoms with van der Waals surface area (Å²) >= 11 is 3.40. The van der Waals surface area contributed by atoms with Gasteiger partial charge < -0.3 is 0 Å². The van der Waals surface area contributed by atoms with E-state index in [0.717, 1.165) is 21.2 Å². The second kappa shape index (κ2) is 5.21. The Labute approximate surface area is 125 Å². The summed E-state index contributed by atoms with van der Waals surface area (Å²) in [5, 5.41) is 2.37. The van der Waals surface area contributed by atoms with E-state index in [1.807, 2.05) is 36.4 Å². The fraction of sp³-hybridized carbons (Fsp3) is 0.125. The van der Waals surface area contributed by atoms with Crippen molar-refractivity contribution in [2.75, 3.05) is 0 Å². The average Bonchev–Trinajstić information content (AvgIpc) is 2.42. The Hall–Kier alpha value is -1.94. The molecule has 0 bridgehead atoms. The summed E-state index contributed by atoms with van der Waals surface area (Å²) in [4.78, 5) is 23.1. The van der Waals surface area contributed by atoms with Crippen LogP contribution < -0.4 is 5.32 Å². The quantitative estimate of drug-likeness (QED) is 0.804. The number of allylic oxidation sites excluding steroid dienone is 3. The molecule has 0 saturated carbocycles. The largest absolute Gasteiger partial charge is 0.292 e. The minimum absolute atomic E-state index is 0.223. The third-order valence-corrected chi connectivity index (χ3v) is 3.90. The number of imide groups is 1. The van der Waals surface area contributed by atoms with Gasteiger partial charge in [-0.2, -0.15) is 0 Å². The normalized spacial score (nSPS) is 20.1. The van der Waals surface area contributed by atoms with Gasteiger partial charge in [-0.3, -0.25) is 14.9 Å². The zero-order valence-electron chi connectivity index (χ0n) is 10.7. The lowest BCUT2D eigenvalue weighted by Crippen LogP contribution is -2.37. The SMILES string of the molecule is O=C1CC2=C(CC(=Cc3ccc(Br)cc3)C=C2)C(=O)N1. The van der Waals surface area contributed by atoms with E-state index in [0.29, 0.717) is 18.4 Å². The van der Waals surface area contributed by atoms with E-state index in [1.54, 1.807) is 0 Å². The van der Waals surface area contributed by atoms with Crippen LogP contribution in [0.4, 0.5) is 0 Å². The molecule has 20 heavy (non-hydrogen) atoms. The molecule has 1 N–H and O–H groups in total. The molecular weight excluding hydrogens is 318 g/mol. The highest BCUT2D eigenvalue weighted by atomic mass is 79.9. The molecule has 0 atom stereocenters. The third-order valence-electron chi connectivity index (χ3n) is 3.37. The fourth-order valence-corrected chi connectivity index (χ4v) is 2.63. The van der Waals surface area contributed by atoms with Crippen molar-refractivity contribution < 1.29 is 9.59 Å². The highest BCUT2D eigenvalue weighted by Crippen LogP contribution is 2.29. The lowest BCUT2D eigenvalue weighted by atomic mass is 9.88. The van der Waals surface area contributed by atoms with Crippen LogP contribution in [0.3, 0.4) is 0 Å². The summed E-state index contributed by atoms with van der Waals surface area (Å²) in [5.41, 5.74) is 3.70. The predicted octanol–water partition coefficient (Wildman–Crippen LogP) is 3.14. The first-order valence-corrected chi connectivity index (χ1v) is 7.11. The molecule has 0 unspecified atom stereocenters. The molecule has 1 aliphatic heterocycles. The molecule has 1 aromatic carbocycles. The van der Waals surface area contributed by atoms with E-state index in [4.69, 9.17) is 0 Å². The van der Waals surface area contributed by atoms with Crippen molar-refractivity contribution in [3.05, 3.63) is 63.2 Å². The Morgan fingerprint density at radius 3 is 2.55 bits per heavy atom. The van der Waals surface area contributed by atoms with Gasteiger partial charge in [0.1, 0.15) is 0 Å². The van der Waals surface area contributed by atoms with Gasteiger partial charge in [-0.15, -0.1) is 0 Å². The van der Waals surface area contributed by atoms with Crippen LogP contribution in [0.2, 0.25) is 0 Å². The molecule has 0 aromatic heterocycles. The highest BCUT2D eigenvalue weighted by molar-refractivity contribution is 9.10. The number of carbonyl (C=O) groups excluding carboxylic acids is 2. The molecule has 1 aromatic rings. The number of hydrogen-bond donors (Lipinski definition) is 1. The molecule has 0 radical (unpaired) electrons. The van der Waals surface area contributed by atoms with Gasteiger partial charge in [-0.05, 0) is 28.8 Å². The Morgan fingerprint density at radius 2 is 1.80 bits per heavy atom. The van der Waals surface area contributed by atoms with Crippen molar-refractivity contribution in [2.45, 2.75) is 12.8 Å². The smallest absolute Gasteiger partial charge is 0.254 e. The molecule has 1 heterocycles. The molecule has 2 aliphatic rings. The van der Waals surface area contributed by atoms with Crippen LogP contribution in [-0.2, 0) is 9.59 Å². The van der Waals surface area contributed by atoms with E-state index < -0.39 is 0 Å². The molecule has 3 rings (SSSR count). The van der Waals surface area contributed by atoms with Crippen LogP contribution in [0.1, 0.15) is 18.4 Å². The number of benzene rings is 1. The number of amides is 2. The topological polar surface area (TPSA) is 46.2 Å². The summed E-state index contributed by atoms with van der Waals surface area (Å²) in [7, 11) is 0. The third kappa shape index (κ3) is 2.65. The summed E-state index contributed by atoms with van der Waals surface area (Å²) < 4.78 is 1.04. The van der Waals surface area contributed by atoms with E-state index in [2.05, 4.69) is 27.3 Å². The number of nitrogens with one attached hydrogen (secondary N) is 1. The van der Waals surface area contributed by atoms with Crippen LogP contribution >= 0.6 is 15.9 Å². The molecule has 4 heteroatoms. The van der Waals surface area contributed by atoms with Gasteiger partial charge in [0.15, 0.2) is 0 Å². The van der Waals surface area contributed by atoms with Gasteiger partial charge in [0, 0.05) is 16.5 Å². The highest BCUT2D eigenvalue weighted by Gasteiger charge is 2.26. The van der Waals surface area contributed by atoms with Crippen LogP contribution in [0.15, 0.2) is 57.6 Å². The number of carbonyl (C=O) groups is 2. The van der Waals surface area contributed by atoms with Crippen LogP contribution in [0.5, 0.6) is 0 Å². The maximum Gasteiger partial charge on any atom is 0.254 e. The second-order valence-electron chi connectivity index (χ2n) is 4.84. The first kappa shape index (κ1) is 13.1. The first-order valence-electron chi connectivity index (χ1n) is 6.32. The zero-order chi connectivity index (χ0) is 14.1. The Balaban J connectivity index is 1.87. The van der Waals surface area contributed by atoms with E-state index in [-0.39, 0.29) is 11.8 Å². The first-order chi connectivity index (χ1) is 9.61. The minimum Gasteiger partial charge on any atom is -0.292 e. The maximum atomic E-state index is 11.8. The molecule has 3 nitrogen and oxygen atoms in total. The van der Waals surface area contributed by atoms with Crippen molar-refractivity contribution in [1.29, 1.82) is 0 Å². The maximum absolute atomic E-state index is 11.8. The van der Waals surface area contributed by atoms with E-state index in [1.165, 1.54) is 0 Å². The average molecular weight is 330 g/mol. The summed E-state index contributed by atoms with van der Waals surface area (Å²) in [5.74, 6) is -0.485. The fourth-order valence-electron chi connectivity index (χ4n) is 2.37. The summed E-state index contributed by atoms with van der Waals surface area (Å²) in [6, 6.07) is 7.99. The number of hydrogen-bond acceptors (Lipinski definition) is 2. The monoisotopic (exact) mass is 329 g/mol. The molecule has 0 spiro atoms. The van der Waals surface area contributed by atoms with Crippen molar-refractivity contribution in [3.63, 3.8) is 0 Å². The lowest BCUT2D eigenvalue weighted by molar-refractivity contribution is -0.129. The van der Waals surface area contributed by atoms with Gasteiger partial charge in [0.25, 0.3) is 5.91 Å². The second-order valence-corrected chi connectivity index (χ2v) is 5.75. The zero-order valence-corrected chi connectivity index (χ0v) is 12.2. The standard InChI is InChI=1S/C16H12BrNO2/c17-13-5-2-10(3-6-13)7-11-1-4-12-9-15(19)18-16(20)14(12)8-11/h1-7H,8-9H2,(H,18,19,20). The molecule has 100 valence electrons. The molecule has 1 aliphatic carbocycles. The van der Waals surface area contributed by atoms with Crippen molar-refractivity contribution in [1.82, 2.24) is 5.32 Å². The Kier molecular flexibility index (Phi) is 3.40. The molecular formula is C16H12BrNO2. The van der Waals surface area contributed by atoms with Crippen molar-refractivity contribution >= 4 is 33.8 Å². The summed E-state index contributed by atoms with van der Waals surface area (Å²) in [6.45, 7) is 0. The lowest BCUT2D eigenvalue weighted by Gasteiger charge is -2.21. The number of halogens is 1. The molecule has 2 amide bonds. The van der Waals surface area contributed by atoms with Gasteiger partial charge >= 0.3 is 0 Å². The minimum atomic E-state index is -0.262. The van der Waals surface area contributed by atoms with Crippen LogP contribution in [-0.4, -0.2) is 11.8 Å². The number of rotatable bonds is 1. The van der Waals surface area contributed by atoms with Crippen LogP contribution in [0.25, 0.3) is 6.08 Å². The van der Waals surface area contributed by atoms with Crippen molar-refractivity contribution in [2.24, 2.45) is 0 Å². The van der Waals surface area contributed by atoms with Gasteiger partial charge in [0.05, 0.1) is 6.42 Å². The Morgan fingerprint density at radius 1 is 1.05 bits per heavy atom. The summed E-state index contributed by atoms with van der Waals surface area (Å²) in [6.07, 6.45) is 6.77. The van der Waals surface area contributed by atoms with Gasteiger partial charge in [0.2, 0.25) is 5.91 Å². The van der Waals surface area contributed by atoms with E-state index >= 15 is 0 Å².